The number of hydrogen-bond acceptors (Lipinski definition) is 3. The van der Waals surface area contributed by atoms with Crippen molar-refractivity contribution in [1.29, 1.82) is 0 Å². The smallest absolute Gasteiger partial charge is 0.242 e. The van der Waals surface area contributed by atoms with Crippen molar-refractivity contribution in [3.8, 4) is 0 Å². The van der Waals surface area contributed by atoms with E-state index in [1.807, 2.05) is 13.8 Å². The van der Waals surface area contributed by atoms with Crippen molar-refractivity contribution in [3.05, 3.63) is 29.3 Å². The van der Waals surface area contributed by atoms with E-state index >= 15 is 0 Å². The lowest BCUT2D eigenvalue weighted by molar-refractivity contribution is -0.169. The minimum absolute atomic E-state index is 0.185. The van der Waals surface area contributed by atoms with Crippen molar-refractivity contribution in [2.24, 2.45) is 23.2 Å². The molecular weight excluding hydrogens is 290 g/mol. The summed E-state index contributed by atoms with van der Waals surface area (Å²) in [7, 11) is 0. The number of halogens is 1. The lowest BCUT2D eigenvalue weighted by Gasteiger charge is -2.55. The predicted molar refractivity (Wildman–Crippen MR) is 79.0 cm³/mol. The van der Waals surface area contributed by atoms with Crippen molar-refractivity contribution < 1.29 is 14.4 Å². The van der Waals surface area contributed by atoms with Gasteiger partial charge in [0.25, 0.3) is 0 Å². The van der Waals surface area contributed by atoms with Crippen molar-refractivity contribution >= 4 is 34.8 Å². The summed E-state index contributed by atoms with van der Waals surface area (Å²) >= 11 is 5.85. The number of nitrogens with one attached hydrogen (secondary N) is 1. The minimum Gasteiger partial charge on any atom is -0.325 e. The molecule has 3 saturated carbocycles. The number of carbonyl (C=O) groups is 3. The molecule has 0 radical (unpaired) electrons. The standard InChI is InChI=1S/C16H16ClNO3/c1-16(2)10-7-11(16)14(20)12(13(10)19)15(21)18-9-5-3-4-8(17)6-9/h3-6,10-12H,7H2,1-2H3,(H,18,21). The third kappa shape index (κ3) is 2.09. The van der Waals surface area contributed by atoms with Crippen LogP contribution < -0.4 is 5.32 Å². The van der Waals surface area contributed by atoms with Gasteiger partial charge in [0.05, 0.1) is 0 Å². The highest BCUT2D eigenvalue weighted by atomic mass is 35.5. The van der Waals surface area contributed by atoms with E-state index < -0.39 is 11.8 Å². The molecule has 4 rings (SSSR count). The Bertz CT molecular complexity index is 629. The van der Waals surface area contributed by atoms with Gasteiger partial charge in [-0.2, -0.15) is 0 Å². The van der Waals surface area contributed by atoms with E-state index in [0.29, 0.717) is 17.1 Å². The first kappa shape index (κ1) is 14.3. The molecule has 110 valence electrons. The summed E-state index contributed by atoms with van der Waals surface area (Å²) in [6.07, 6.45) is 0.589. The van der Waals surface area contributed by atoms with Crippen LogP contribution in [0.2, 0.25) is 5.02 Å². The number of rotatable bonds is 2. The largest absolute Gasteiger partial charge is 0.325 e. The van der Waals surface area contributed by atoms with Gasteiger partial charge in [0.1, 0.15) is 0 Å². The second-order valence-electron chi connectivity index (χ2n) is 6.40. The quantitative estimate of drug-likeness (QED) is 0.855. The summed E-state index contributed by atoms with van der Waals surface area (Å²) in [6.45, 7) is 3.85. The number of Topliss-reactive ketones (excluding diaryl/α,β-unsaturated/α-hetero) is 2. The van der Waals surface area contributed by atoms with Gasteiger partial charge in [-0.1, -0.05) is 31.5 Å². The first-order valence-corrected chi connectivity index (χ1v) is 7.34. The zero-order valence-electron chi connectivity index (χ0n) is 11.9. The average Bonchev–Trinajstić information content (AvgIpc) is 2.37. The molecule has 21 heavy (non-hydrogen) atoms. The molecule has 5 heteroatoms. The van der Waals surface area contributed by atoms with Gasteiger partial charge in [0.15, 0.2) is 17.5 Å². The van der Waals surface area contributed by atoms with Gasteiger partial charge in [0.2, 0.25) is 5.91 Å². The highest BCUT2D eigenvalue weighted by Gasteiger charge is 2.63. The Hall–Kier alpha value is -1.68. The first-order valence-electron chi connectivity index (χ1n) is 6.96. The van der Waals surface area contributed by atoms with E-state index in [0.717, 1.165) is 0 Å². The molecule has 0 spiro atoms. The van der Waals surface area contributed by atoms with E-state index in [1.54, 1.807) is 24.3 Å². The van der Waals surface area contributed by atoms with Crippen LogP contribution in [0.15, 0.2) is 24.3 Å². The third-order valence-electron chi connectivity index (χ3n) is 4.88. The van der Waals surface area contributed by atoms with Crippen LogP contribution >= 0.6 is 11.6 Å². The number of hydrogen-bond donors (Lipinski definition) is 1. The molecule has 1 aromatic rings. The van der Waals surface area contributed by atoms with Crippen LogP contribution in [0.1, 0.15) is 20.3 Å². The SMILES string of the molecule is CC1(C)C2CC1C(=O)C(C(=O)Nc1cccc(Cl)c1)C2=O. The fourth-order valence-corrected chi connectivity index (χ4v) is 3.66. The predicted octanol–water partition coefficient (Wildman–Crippen LogP) is 2.71. The number of benzene rings is 1. The van der Waals surface area contributed by atoms with Crippen LogP contribution in [0.25, 0.3) is 0 Å². The molecule has 2 bridgehead atoms. The van der Waals surface area contributed by atoms with Crippen LogP contribution in [-0.2, 0) is 14.4 Å². The topological polar surface area (TPSA) is 63.2 Å². The van der Waals surface area contributed by atoms with E-state index in [-0.39, 0.29) is 28.8 Å². The van der Waals surface area contributed by atoms with Crippen molar-refractivity contribution in [2.45, 2.75) is 20.3 Å². The molecule has 0 heterocycles. The second kappa shape index (κ2) is 4.67. The van der Waals surface area contributed by atoms with Gasteiger partial charge in [-0.3, -0.25) is 14.4 Å². The Morgan fingerprint density at radius 2 is 1.86 bits per heavy atom. The second-order valence-corrected chi connectivity index (χ2v) is 6.84. The summed E-state index contributed by atoms with van der Waals surface area (Å²) in [4.78, 5) is 37.0. The lowest BCUT2D eigenvalue weighted by atomic mass is 9.45. The van der Waals surface area contributed by atoms with Crippen LogP contribution in [0, 0.1) is 23.2 Å². The summed E-state index contributed by atoms with van der Waals surface area (Å²) in [6, 6.07) is 6.64. The summed E-state index contributed by atoms with van der Waals surface area (Å²) in [5, 5.41) is 3.10. The third-order valence-corrected chi connectivity index (χ3v) is 5.11. The van der Waals surface area contributed by atoms with E-state index in [1.165, 1.54) is 0 Å². The molecule has 1 amide bonds. The molecule has 1 N–H and O–H groups in total. The zero-order chi connectivity index (χ0) is 15.4. The van der Waals surface area contributed by atoms with Crippen molar-refractivity contribution in [1.82, 2.24) is 0 Å². The zero-order valence-corrected chi connectivity index (χ0v) is 12.6. The van der Waals surface area contributed by atoms with Gasteiger partial charge in [0, 0.05) is 22.5 Å². The molecule has 0 aromatic heterocycles. The first-order chi connectivity index (χ1) is 9.82. The summed E-state index contributed by atoms with van der Waals surface area (Å²) in [5.41, 5.74) is 0.188. The van der Waals surface area contributed by atoms with E-state index in [2.05, 4.69) is 5.32 Å². The number of fused-ring (bicyclic) bond motifs is 2. The Labute approximate surface area is 127 Å². The normalized spacial score (nSPS) is 29.8. The number of carbonyl (C=O) groups excluding carboxylic acids is 3. The van der Waals surface area contributed by atoms with Crippen LogP contribution in [0.3, 0.4) is 0 Å². The molecule has 1 aromatic carbocycles. The lowest BCUT2D eigenvalue weighted by Crippen LogP contribution is -2.63. The maximum absolute atomic E-state index is 12.4. The molecule has 0 aliphatic heterocycles. The number of amides is 1. The molecular formula is C16H16ClNO3. The van der Waals surface area contributed by atoms with Gasteiger partial charge < -0.3 is 5.32 Å². The van der Waals surface area contributed by atoms with Crippen LogP contribution in [0.4, 0.5) is 5.69 Å². The highest BCUT2D eigenvalue weighted by Crippen LogP contribution is 2.57. The summed E-state index contributed by atoms with van der Waals surface area (Å²) in [5.74, 6) is -2.57. The molecule has 2 unspecified atom stereocenters. The molecule has 3 fully saturated rings. The Morgan fingerprint density at radius 1 is 1.24 bits per heavy atom. The Morgan fingerprint density at radius 3 is 2.38 bits per heavy atom. The molecule has 4 nitrogen and oxygen atoms in total. The van der Waals surface area contributed by atoms with Crippen molar-refractivity contribution in [2.75, 3.05) is 5.32 Å². The number of anilines is 1. The monoisotopic (exact) mass is 305 g/mol. The van der Waals surface area contributed by atoms with Gasteiger partial charge in [-0.25, -0.2) is 0 Å². The fraction of sp³-hybridized carbons (Fsp3) is 0.438. The van der Waals surface area contributed by atoms with Gasteiger partial charge >= 0.3 is 0 Å². The highest BCUT2D eigenvalue weighted by molar-refractivity contribution is 6.31. The Kier molecular flexibility index (Phi) is 3.17. The number of ketones is 2. The van der Waals surface area contributed by atoms with Gasteiger partial charge in [-0.05, 0) is 30.0 Å². The molecule has 2 atom stereocenters. The summed E-state index contributed by atoms with van der Waals surface area (Å²) < 4.78 is 0. The van der Waals surface area contributed by atoms with Gasteiger partial charge in [-0.15, -0.1) is 0 Å². The van der Waals surface area contributed by atoms with Crippen LogP contribution in [-0.4, -0.2) is 17.5 Å². The molecule has 3 aliphatic carbocycles. The molecule has 0 saturated heterocycles. The van der Waals surface area contributed by atoms with E-state index in [4.69, 9.17) is 11.6 Å². The maximum atomic E-state index is 12.4. The minimum atomic E-state index is -1.17. The van der Waals surface area contributed by atoms with Crippen LogP contribution in [0.5, 0.6) is 0 Å². The maximum Gasteiger partial charge on any atom is 0.242 e. The molecule has 3 aliphatic rings. The van der Waals surface area contributed by atoms with E-state index in [9.17, 15) is 14.4 Å². The van der Waals surface area contributed by atoms with Crippen molar-refractivity contribution in [3.63, 3.8) is 0 Å². The average molecular weight is 306 g/mol. The Balaban J connectivity index is 1.80. The fourth-order valence-electron chi connectivity index (χ4n) is 3.47.